The predicted molar refractivity (Wildman–Crippen MR) is 59.3 cm³/mol. The van der Waals surface area contributed by atoms with Crippen molar-refractivity contribution in [2.75, 3.05) is 5.32 Å². The molecule has 0 bridgehead atoms. The average molecular weight is 211 g/mol. The van der Waals surface area contributed by atoms with Crippen LogP contribution in [0.5, 0.6) is 0 Å². The smallest absolute Gasteiger partial charge is 0.243 e. The van der Waals surface area contributed by atoms with Crippen molar-refractivity contribution in [2.24, 2.45) is 5.73 Å². The van der Waals surface area contributed by atoms with Crippen molar-refractivity contribution in [2.45, 2.75) is 6.04 Å². The number of amides is 1. The third-order valence-electron chi connectivity index (χ3n) is 2.05. The number of benzene rings is 1. The molecule has 4 heteroatoms. The van der Waals surface area contributed by atoms with Gasteiger partial charge in [0.25, 0.3) is 0 Å². The summed E-state index contributed by atoms with van der Waals surface area (Å²) < 4.78 is 0. The van der Waals surface area contributed by atoms with E-state index in [1.165, 1.54) is 0 Å². The van der Waals surface area contributed by atoms with E-state index in [0.29, 0.717) is 0 Å². The Kier molecular flexibility index (Phi) is 3.14. The maximum atomic E-state index is 10.9. The zero-order valence-electron chi connectivity index (χ0n) is 7.44. The number of nitrogens with two attached hydrogens (primary N) is 1. The van der Waals surface area contributed by atoms with E-state index in [2.05, 4.69) is 5.32 Å². The van der Waals surface area contributed by atoms with E-state index in [1.807, 2.05) is 30.3 Å². The highest BCUT2D eigenvalue weighted by Gasteiger charge is 2.15. The Morgan fingerprint density at radius 2 is 2.07 bits per heavy atom. The lowest BCUT2D eigenvalue weighted by molar-refractivity contribution is -0.117. The van der Waals surface area contributed by atoms with Gasteiger partial charge in [-0.25, -0.2) is 0 Å². The van der Waals surface area contributed by atoms with Crippen LogP contribution in [0, 0.1) is 0 Å². The van der Waals surface area contributed by atoms with E-state index in [4.69, 9.17) is 5.73 Å². The molecule has 0 saturated carbocycles. The Morgan fingerprint density at radius 1 is 1.36 bits per heavy atom. The SMILES string of the molecule is Cl.NC(=O)C1C=Cc2ccccc2N1. The molecule has 3 N–H and O–H groups in total. The van der Waals surface area contributed by atoms with Crippen molar-refractivity contribution in [3.05, 3.63) is 35.9 Å². The molecule has 1 aromatic carbocycles. The molecule has 0 radical (unpaired) electrons. The highest BCUT2D eigenvalue weighted by Crippen LogP contribution is 2.21. The fourth-order valence-electron chi connectivity index (χ4n) is 1.36. The fourth-order valence-corrected chi connectivity index (χ4v) is 1.36. The van der Waals surface area contributed by atoms with E-state index in [9.17, 15) is 4.79 Å². The van der Waals surface area contributed by atoms with Gasteiger partial charge in [-0.2, -0.15) is 0 Å². The quantitative estimate of drug-likeness (QED) is 0.736. The molecule has 1 unspecified atom stereocenters. The molecule has 1 aliphatic rings. The predicted octanol–water partition coefficient (Wildman–Crippen LogP) is 1.40. The van der Waals surface area contributed by atoms with Gasteiger partial charge < -0.3 is 11.1 Å². The van der Waals surface area contributed by atoms with Gasteiger partial charge in [0, 0.05) is 5.69 Å². The summed E-state index contributed by atoms with van der Waals surface area (Å²) in [6, 6.07) is 7.40. The molecule has 0 aromatic heterocycles. The maximum absolute atomic E-state index is 10.9. The van der Waals surface area contributed by atoms with Crippen LogP contribution in [0.4, 0.5) is 5.69 Å². The van der Waals surface area contributed by atoms with Crippen LogP contribution in [0.2, 0.25) is 0 Å². The fraction of sp³-hybridized carbons (Fsp3) is 0.100. The minimum absolute atomic E-state index is 0. The van der Waals surface area contributed by atoms with Crippen LogP contribution in [-0.2, 0) is 4.79 Å². The number of halogens is 1. The number of anilines is 1. The summed E-state index contributed by atoms with van der Waals surface area (Å²) in [6.45, 7) is 0. The number of carbonyl (C=O) groups excluding carboxylic acids is 1. The first-order chi connectivity index (χ1) is 6.27. The van der Waals surface area contributed by atoms with Crippen molar-refractivity contribution in [3.8, 4) is 0 Å². The van der Waals surface area contributed by atoms with E-state index >= 15 is 0 Å². The van der Waals surface area contributed by atoms with E-state index in [0.717, 1.165) is 11.3 Å². The summed E-state index contributed by atoms with van der Waals surface area (Å²) in [7, 11) is 0. The lowest BCUT2D eigenvalue weighted by atomic mass is 10.1. The molecule has 0 spiro atoms. The molecule has 1 amide bonds. The molecular weight excluding hydrogens is 200 g/mol. The Balaban J connectivity index is 0.000000980. The van der Waals surface area contributed by atoms with Gasteiger partial charge in [-0.3, -0.25) is 4.79 Å². The summed E-state index contributed by atoms with van der Waals surface area (Å²) in [6.07, 6.45) is 3.67. The molecule has 0 aliphatic carbocycles. The van der Waals surface area contributed by atoms with Gasteiger partial charge in [-0.15, -0.1) is 12.4 Å². The van der Waals surface area contributed by atoms with Gasteiger partial charge in [0.1, 0.15) is 6.04 Å². The molecular formula is C10H11ClN2O. The Labute approximate surface area is 88.4 Å². The zero-order valence-corrected chi connectivity index (χ0v) is 8.25. The first-order valence-electron chi connectivity index (χ1n) is 4.10. The first-order valence-corrected chi connectivity index (χ1v) is 4.10. The highest BCUT2D eigenvalue weighted by atomic mass is 35.5. The Hall–Kier alpha value is -1.48. The lowest BCUT2D eigenvalue weighted by Crippen LogP contribution is -2.34. The van der Waals surface area contributed by atoms with Gasteiger partial charge in [-0.1, -0.05) is 30.4 Å². The summed E-state index contributed by atoms with van der Waals surface area (Å²) in [4.78, 5) is 10.9. The molecule has 2 rings (SSSR count). The largest absolute Gasteiger partial charge is 0.370 e. The number of rotatable bonds is 1. The van der Waals surface area contributed by atoms with Crippen molar-refractivity contribution < 1.29 is 4.79 Å². The van der Waals surface area contributed by atoms with Crippen LogP contribution in [0.15, 0.2) is 30.3 Å². The van der Waals surface area contributed by atoms with E-state index < -0.39 is 0 Å². The van der Waals surface area contributed by atoms with Crippen LogP contribution < -0.4 is 11.1 Å². The number of carbonyl (C=O) groups is 1. The molecule has 0 fully saturated rings. The normalized spacial score (nSPS) is 17.6. The summed E-state index contributed by atoms with van der Waals surface area (Å²) in [5.41, 5.74) is 7.21. The number of fused-ring (bicyclic) bond motifs is 1. The number of para-hydroxylation sites is 1. The second-order valence-electron chi connectivity index (χ2n) is 2.97. The highest BCUT2D eigenvalue weighted by molar-refractivity contribution is 5.89. The van der Waals surface area contributed by atoms with Crippen molar-refractivity contribution in [1.82, 2.24) is 0 Å². The Morgan fingerprint density at radius 3 is 2.79 bits per heavy atom. The van der Waals surface area contributed by atoms with Gasteiger partial charge in [0.2, 0.25) is 5.91 Å². The standard InChI is InChI=1S/C10H10N2O.ClH/c11-10(13)9-6-5-7-3-1-2-4-8(7)12-9;/h1-6,9,12H,(H2,11,13);1H. The van der Waals surface area contributed by atoms with Gasteiger partial charge in [-0.05, 0) is 11.6 Å². The third kappa shape index (κ3) is 1.88. The molecule has 1 aliphatic heterocycles. The second-order valence-corrected chi connectivity index (χ2v) is 2.97. The van der Waals surface area contributed by atoms with Gasteiger partial charge in [0.15, 0.2) is 0 Å². The van der Waals surface area contributed by atoms with E-state index in [1.54, 1.807) is 6.08 Å². The van der Waals surface area contributed by atoms with Crippen LogP contribution in [0.25, 0.3) is 6.08 Å². The molecule has 3 nitrogen and oxygen atoms in total. The number of nitrogens with one attached hydrogen (secondary N) is 1. The topological polar surface area (TPSA) is 55.1 Å². The molecule has 1 heterocycles. The number of hydrogen-bond donors (Lipinski definition) is 2. The minimum Gasteiger partial charge on any atom is -0.370 e. The van der Waals surface area contributed by atoms with Crippen LogP contribution >= 0.6 is 12.4 Å². The van der Waals surface area contributed by atoms with Crippen LogP contribution in [0.3, 0.4) is 0 Å². The molecule has 74 valence electrons. The number of primary amides is 1. The maximum Gasteiger partial charge on any atom is 0.243 e. The molecule has 1 aromatic rings. The van der Waals surface area contributed by atoms with Crippen molar-refractivity contribution in [1.29, 1.82) is 0 Å². The van der Waals surface area contributed by atoms with Crippen molar-refractivity contribution in [3.63, 3.8) is 0 Å². The molecule has 1 atom stereocenters. The second kappa shape index (κ2) is 4.15. The lowest BCUT2D eigenvalue weighted by Gasteiger charge is -2.19. The zero-order chi connectivity index (χ0) is 9.26. The van der Waals surface area contributed by atoms with Crippen molar-refractivity contribution >= 4 is 30.1 Å². The number of hydrogen-bond acceptors (Lipinski definition) is 2. The Bertz CT molecular complexity index is 376. The minimum atomic E-state index is -0.380. The summed E-state index contributed by atoms with van der Waals surface area (Å²) in [5, 5.41) is 3.04. The van der Waals surface area contributed by atoms with Gasteiger partial charge in [0.05, 0.1) is 0 Å². The third-order valence-corrected chi connectivity index (χ3v) is 2.05. The first kappa shape index (κ1) is 10.6. The molecule has 14 heavy (non-hydrogen) atoms. The molecule has 0 saturated heterocycles. The monoisotopic (exact) mass is 210 g/mol. The summed E-state index contributed by atoms with van der Waals surface area (Å²) >= 11 is 0. The van der Waals surface area contributed by atoms with Crippen LogP contribution in [0.1, 0.15) is 5.56 Å². The average Bonchev–Trinajstić information content (AvgIpc) is 2.17. The van der Waals surface area contributed by atoms with Crippen LogP contribution in [-0.4, -0.2) is 11.9 Å². The van der Waals surface area contributed by atoms with Gasteiger partial charge >= 0.3 is 0 Å². The van der Waals surface area contributed by atoms with E-state index in [-0.39, 0.29) is 24.4 Å². The summed E-state index contributed by atoms with van der Waals surface area (Å²) in [5.74, 6) is -0.356.